The van der Waals surface area contributed by atoms with E-state index in [4.69, 9.17) is 4.74 Å². The summed E-state index contributed by atoms with van der Waals surface area (Å²) in [5.41, 5.74) is -0.0953. The van der Waals surface area contributed by atoms with Crippen molar-refractivity contribution < 1.29 is 9.53 Å². The van der Waals surface area contributed by atoms with Gasteiger partial charge in [0.05, 0.1) is 6.61 Å². The van der Waals surface area contributed by atoms with E-state index < -0.39 is 0 Å². The SMILES string of the molecule is C[C@@H]1CN(CCOCC(=O)C(C)(C)C)C[C@H](C)N1C(C)(C)C. The van der Waals surface area contributed by atoms with Crippen LogP contribution in [0.5, 0.6) is 0 Å². The van der Waals surface area contributed by atoms with Gasteiger partial charge in [-0.15, -0.1) is 0 Å². The molecule has 0 aromatic rings. The summed E-state index contributed by atoms with van der Waals surface area (Å²) < 4.78 is 5.58. The Labute approximate surface area is 137 Å². The Hall–Kier alpha value is -0.450. The van der Waals surface area contributed by atoms with Gasteiger partial charge in [-0.2, -0.15) is 0 Å². The predicted molar refractivity (Wildman–Crippen MR) is 92.2 cm³/mol. The van der Waals surface area contributed by atoms with Crippen molar-refractivity contribution in [1.29, 1.82) is 0 Å². The molecule has 4 nitrogen and oxygen atoms in total. The van der Waals surface area contributed by atoms with E-state index in [1.165, 1.54) is 0 Å². The first-order chi connectivity index (χ1) is 9.93. The van der Waals surface area contributed by atoms with E-state index in [1.54, 1.807) is 0 Å². The smallest absolute Gasteiger partial charge is 0.163 e. The molecule has 0 unspecified atom stereocenters. The number of ether oxygens (including phenoxy) is 1. The van der Waals surface area contributed by atoms with Crippen LogP contribution >= 0.6 is 0 Å². The summed E-state index contributed by atoms with van der Waals surface area (Å²) in [6.45, 7) is 21.2. The van der Waals surface area contributed by atoms with Gasteiger partial charge in [-0.05, 0) is 34.6 Å². The summed E-state index contributed by atoms with van der Waals surface area (Å²) in [6.07, 6.45) is 0. The van der Waals surface area contributed by atoms with Crippen LogP contribution in [-0.4, -0.2) is 66.1 Å². The molecule has 2 atom stereocenters. The summed E-state index contributed by atoms with van der Waals surface area (Å²) in [7, 11) is 0. The molecule has 1 rings (SSSR count). The van der Waals surface area contributed by atoms with Crippen molar-refractivity contribution >= 4 is 5.78 Å². The van der Waals surface area contributed by atoms with Gasteiger partial charge in [0.2, 0.25) is 0 Å². The summed E-state index contributed by atoms with van der Waals surface area (Å²) in [5.74, 6) is 0.173. The molecule has 0 saturated carbocycles. The second-order valence-electron chi connectivity index (χ2n) is 8.76. The highest BCUT2D eigenvalue weighted by Crippen LogP contribution is 2.25. The molecular weight excluding hydrogens is 276 g/mol. The number of carbonyl (C=O) groups excluding carboxylic acids is 1. The van der Waals surface area contributed by atoms with Crippen LogP contribution in [0, 0.1) is 5.41 Å². The third kappa shape index (κ3) is 5.64. The van der Waals surface area contributed by atoms with Crippen LogP contribution in [0.1, 0.15) is 55.4 Å². The molecule has 0 bridgehead atoms. The quantitative estimate of drug-likeness (QED) is 0.731. The Kier molecular flexibility index (Phi) is 6.60. The highest BCUT2D eigenvalue weighted by atomic mass is 16.5. The third-order valence-corrected chi connectivity index (χ3v) is 4.39. The molecule has 130 valence electrons. The molecule has 1 heterocycles. The van der Waals surface area contributed by atoms with Crippen molar-refractivity contribution in [2.45, 2.75) is 73.0 Å². The van der Waals surface area contributed by atoms with Crippen LogP contribution in [0.25, 0.3) is 0 Å². The van der Waals surface area contributed by atoms with E-state index >= 15 is 0 Å². The largest absolute Gasteiger partial charge is 0.372 e. The number of Topliss-reactive ketones (excluding diaryl/α,β-unsaturated/α-hetero) is 1. The number of ketones is 1. The number of nitrogens with zero attached hydrogens (tertiary/aromatic N) is 2. The molecule has 1 aliphatic rings. The molecule has 4 heteroatoms. The highest BCUT2D eigenvalue weighted by molar-refractivity contribution is 5.84. The van der Waals surface area contributed by atoms with Gasteiger partial charge >= 0.3 is 0 Å². The maximum atomic E-state index is 11.8. The van der Waals surface area contributed by atoms with Crippen LogP contribution < -0.4 is 0 Å². The number of piperazine rings is 1. The molecule has 0 aliphatic carbocycles. The van der Waals surface area contributed by atoms with E-state index in [9.17, 15) is 4.79 Å². The minimum absolute atomic E-state index is 0.173. The lowest BCUT2D eigenvalue weighted by molar-refractivity contribution is -0.131. The van der Waals surface area contributed by atoms with Crippen LogP contribution in [0.15, 0.2) is 0 Å². The van der Waals surface area contributed by atoms with Crippen molar-refractivity contribution in [3.8, 4) is 0 Å². The first kappa shape index (κ1) is 19.6. The summed E-state index contributed by atoms with van der Waals surface area (Å²) in [6, 6.07) is 1.08. The lowest BCUT2D eigenvalue weighted by Crippen LogP contribution is -2.62. The van der Waals surface area contributed by atoms with Gasteiger partial charge in [-0.25, -0.2) is 0 Å². The van der Waals surface area contributed by atoms with E-state index in [2.05, 4.69) is 44.4 Å². The molecular formula is C18H36N2O2. The maximum absolute atomic E-state index is 11.8. The van der Waals surface area contributed by atoms with Crippen molar-refractivity contribution in [3.63, 3.8) is 0 Å². The third-order valence-electron chi connectivity index (χ3n) is 4.39. The van der Waals surface area contributed by atoms with Crippen LogP contribution in [0.4, 0.5) is 0 Å². The molecule has 0 amide bonds. The first-order valence-electron chi connectivity index (χ1n) is 8.54. The molecule has 1 fully saturated rings. The average Bonchev–Trinajstić information content (AvgIpc) is 2.30. The summed E-state index contributed by atoms with van der Waals surface area (Å²) >= 11 is 0. The number of hydrogen-bond donors (Lipinski definition) is 0. The second-order valence-corrected chi connectivity index (χ2v) is 8.76. The monoisotopic (exact) mass is 312 g/mol. The molecule has 0 aromatic carbocycles. The second kappa shape index (κ2) is 7.41. The molecule has 0 spiro atoms. The summed E-state index contributed by atoms with van der Waals surface area (Å²) in [4.78, 5) is 16.9. The highest BCUT2D eigenvalue weighted by Gasteiger charge is 2.35. The molecule has 0 N–H and O–H groups in total. The van der Waals surface area contributed by atoms with Crippen LogP contribution in [0.2, 0.25) is 0 Å². The normalized spacial score (nSPS) is 25.5. The zero-order chi connectivity index (χ0) is 17.1. The van der Waals surface area contributed by atoms with Crippen LogP contribution in [0.3, 0.4) is 0 Å². The van der Waals surface area contributed by atoms with Gasteiger partial charge in [0.25, 0.3) is 0 Å². The van der Waals surface area contributed by atoms with E-state index in [1.807, 2.05) is 20.8 Å². The molecule has 0 radical (unpaired) electrons. The predicted octanol–water partition coefficient (Wildman–Crippen LogP) is 2.81. The molecule has 1 aliphatic heterocycles. The Morgan fingerprint density at radius 2 is 1.55 bits per heavy atom. The van der Waals surface area contributed by atoms with Crippen molar-refractivity contribution in [1.82, 2.24) is 9.80 Å². The first-order valence-corrected chi connectivity index (χ1v) is 8.54. The zero-order valence-corrected chi connectivity index (χ0v) is 15.9. The topological polar surface area (TPSA) is 32.8 Å². The number of carbonyl (C=O) groups is 1. The van der Waals surface area contributed by atoms with E-state index in [0.717, 1.165) is 19.6 Å². The zero-order valence-electron chi connectivity index (χ0n) is 15.9. The fourth-order valence-corrected chi connectivity index (χ4v) is 3.51. The minimum atomic E-state index is -0.304. The van der Waals surface area contributed by atoms with Crippen molar-refractivity contribution in [2.24, 2.45) is 5.41 Å². The van der Waals surface area contributed by atoms with Gasteiger partial charge in [-0.3, -0.25) is 14.6 Å². The number of rotatable bonds is 5. The van der Waals surface area contributed by atoms with E-state index in [0.29, 0.717) is 18.7 Å². The van der Waals surface area contributed by atoms with Crippen LogP contribution in [-0.2, 0) is 9.53 Å². The van der Waals surface area contributed by atoms with Gasteiger partial charge in [-0.1, -0.05) is 20.8 Å². The van der Waals surface area contributed by atoms with Crippen molar-refractivity contribution in [2.75, 3.05) is 32.8 Å². The summed E-state index contributed by atoms with van der Waals surface area (Å²) in [5, 5.41) is 0. The standard InChI is InChI=1S/C18H36N2O2/c1-14-11-19(12-15(2)20(14)18(6,7)8)9-10-22-13-16(21)17(3,4)5/h14-15H,9-13H2,1-8H3/t14-,15+. The van der Waals surface area contributed by atoms with E-state index in [-0.39, 0.29) is 23.3 Å². The van der Waals surface area contributed by atoms with Gasteiger partial charge in [0.1, 0.15) is 6.61 Å². The van der Waals surface area contributed by atoms with Gasteiger partial charge in [0.15, 0.2) is 5.78 Å². The molecule has 0 aromatic heterocycles. The molecule has 1 saturated heterocycles. The Bertz CT molecular complexity index is 356. The van der Waals surface area contributed by atoms with Crippen molar-refractivity contribution in [3.05, 3.63) is 0 Å². The fourth-order valence-electron chi connectivity index (χ4n) is 3.51. The fraction of sp³-hybridized carbons (Fsp3) is 0.944. The Morgan fingerprint density at radius 1 is 1.05 bits per heavy atom. The molecule has 22 heavy (non-hydrogen) atoms. The Balaban J connectivity index is 2.37. The van der Waals surface area contributed by atoms with Gasteiger partial charge in [0, 0.05) is 42.7 Å². The Morgan fingerprint density at radius 3 is 1.95 bits per heavy atom. The lowest BCUT2D eigenvalue weighted by atomic mass is 9.91. The minimum Gasteiger partial charge on any atom is -0.372 e. The maximum Gasteiger partial charge on any atom is 0.163 e. The number of hydrogen-bond acceptors (Lipinski definition) is 4. The lowest BCUT2D eigenvalue weighted by Gasteiger charge is -2.51. The average molecular weight is 312 g/mol. The van der Waals surface area contributed by atoms with Gasteiger partial charge < -0.3 is 4.74 Å².